The van der Waals surface area contributed by atoms with Crippen LogP contribution in [0.15, 0.2) is 35.0 Å². The van der Waals surface area contributed by atoms with Crippen molar-refractivity contribution in [3.8, 4) is 0 Å². The fourth-order valence-corrected chi connectivity index (χ4v) is 4.97. The van der Waals surface area contributed by atoms with Crippen LogP contribution < -0.4 is 10.6 Å². The summed E-state index contributed by atoms with van der Waals surface area (Å²) >= 11 is 6.24. The number of amides is 1. The predicted octanol–water partition coefficient (Wildman–Crippen LogP) is 2.79. The van der Waals surface area contributed by atoms with E-state index in [2.05, 4.69) is 59.2 Å². The Balaban J connectivity index is 1.99. The molecular formula is C23H36N4O2S2. The Kier molecular flexibility index (Phi) is 9.64. The van der Waals surface area contributed by atoms with Gasteiger partial charge in [0.05, 0.1) is 11.8 Å². The molecular weight excluding hydrogens is 428 g/mol. The third-order valence-corrected chi connectivity index (χ3v) is 6.81. The molecule has 0 aromatic heterocycles. The largest absolute Gasteiger partial charge is 0.391 e. The van der Waals surface area contributed by atoms with Crippen molar-refractivity contribution in [3.63, 3.8) is 0 Å². The van der Waals surface area contributed by atoms with Crippen molar-refractivity contribution < 1.29 is 9.90 Å². The number of aliphatic hydroxyl groups excluding tert-OH is 1. The van der Waals surface area contributed by atoms with E-state index in [0.29, 0.717) is 26.1 Å². The highest BCUT2D eigenvalue weighted by molar-refractivity contribution is 8.07. The molecule has 0 saturated carbocycles. The van der Waals surface area contributed by atoms with Gasteiger partial charge in [0.25, 0.3) is 0 Å². The van der Waals surface area contributed by atoms with Crippen LogP contribution in [0.1, 0.15) is 38.3 Å². The van der Waals surface area contributed by atoms with E-state index in [1.807, 2.05) is 27.0 Å². The lowest BCUT2D eigenvalue weighted by molar-refractivity contribution is -0.135. The summed E-state index contributed by atoms with van der Waals surface area (Å²) in [5.74, 6) is -0.0159. The Morgan fingerprint density at radius 2 is 2.06 bits per heavy atom. The highest BCUT2D eigenvalue weighted by Gasteiger charge is 2.40. The smallest absolute Gasteiger partial charge is 0.241 e. The van der Waals surface area contributed by atoms with Gasteiger partial charge in [-0.3, -0.25) is 9.79 Å². The van der Waals surface area contributed by atoms with Crippen LogP contribution in [-0.2, 0) is 11.3 Å². The molecule has 2 rings (SSSR count). The standard InChI is InChI=1S/C23H36N4O2S2/c1-15(24-4)20(31-6)17-9-7-16(8-10-17)12-26-13-18-11-19(28)14-27(18)22(29)21(25-5)23(2,3)30/h7-10,18-19,21,25-26,28,30H,4,11-14H2,1-3,5-6H3/b20-15-/t18-,19?,21+/m0/s1. The number of thioether (sulfide) groups is 1. The minimum atomic E-state index is -0.497. The zero-order valence-electron chi connectivity index (χ0n) is 19.2. The number of hydrogen-bond donors (Lipinski definition) is 4. The van der Waals surface area contributed by atoms with E-state index in [0.717, 1.165) is 21.7 Å². The second kappa shape index (κ2) is 11.5. The molecule has 1 amide bonds. The zero-order chi connectivity index (χ0) is 23.2. The van der Waals surface area contributed by atoms with E-state index < -0.39 is 16.9 Å². The van der Waals surface area contributed by atoms with Crippen LogP contribution in [0.5, 0.6) is 0 Å². The van der Waals surface area contributed by atoms with Crippen molar-refractivity contribution in [2.45, 2.75) is 56.7 Å². The number of carbonyl (C=O) groups excluding carboxylic acids is 1. The van der Waals surface area contributed by atoms with Gasteiger partial charge >= 0.3 is 0 Å². The lowest BCUT2D eigenvalue weighted by Gasteiger charge is -2.34. The molecule has 1 aliphatic heterocycles. The summed E-state index contributed by atoms with van der Waals surface area (Å²) in [6, 6.07) is 7.94. The number of hydrogen-bond acceptors (Lipinski definition) is 7. The highest BCUT2D eigenvalue weighted by atomic mass is 32.2. The summed E-state index contributed by atoms with van der Waals surface area (Å²) in [4.78, 5) is 20.0. The molecule has 1 aliphatic rings. The maximum Gasteiger partial charge on any atom is 0.241 e. The molecule has 1 saturated heterocycles. The Hall–Kier alpha value is -1.32. The quantitative estimate of drug-likeness (QED) is 0.316. The average Bonchev–Trinajstić information content (AvgIpc) is 3.09. The monoisotopic (exact) mass is 464 g/mol. The van der Waals surface area contributed by atoms with E-state index in [4.69, 9.17) is 0 Å². The molecule has 0 spiro atoms. The van der Waals surface area contributed by atoms with Gasteiger partial charge in [0.15, 0.2) is 0 Å². The fourth-order valence-electron chi connectivity index (χ4n) is 4.00. The van der Waals surface area contributed by atoms with Gasteiger partial charge in [-0.2, -0.15) is 12.6 Å². The summed E-state index contributed by atoms with van der Waals surface area (Å²) in [6.45, 7) is 11.1. The summed E-state index contributed by atoms with van der Waals surface area (Å²) in [5, 5.41) is 16.7. The SMILES string of the molecule is C=N/C(C)=C(\SC)c1ccc(CNC[C@@H]2CC(O)CN2C(=O)[C@@H](NC)C(C)(C)S)cc1. The Labute approximate surface area is 196 Å². The summed E-state index contributed by atoms with van der Waals surface area (Å²) in [5.41, 5.74) is 3.21. The molecule has 6 nitrogen and oxygen atoms in total. The number of β-amino-alcohol motifs (C(OH)–C–C–N with tert-alkyl or cyclic N) is 1. The van der Waals surface area contributed by atoms with Gasteiger partial charge in [-0.25, -0.2) is 0 Å². The van der Waals surface area contributed by atoms with Gasteiger partial charge in [0.2, 0.25) is 5.91 Å². The second-order valence-corrected chi connectivity index (χ2v) is 10.5. The molecule has 8 heteroatoms. The number of likely N-dealkylation sites (tertiary alicyclic amines) is 1. The number of nitrogens with zero attached hydrogens (tertiary/aromatic N) is 2. The molecule has 1 fully saturated rings. The first-order valence-electron chi connectivity index (χ1n) is 10.5. The van der Waals surface area contributed by atoms with Crippen LogP contribution in [-0.4, -0.2) is 72.0 Å². The molecule has 31 heavy (non-hydrogen) atoms. The summed E-state index contributed by atoms with van der Waals surface area (Å²) in [7, 11) is 1.77. The number of carbonyl (C=O) groups is 1. The molecule has 1 unspecified atom stereocenters. The fraction of sp³-hybridized carbons (Fsp3) is 0.565. The molecule has 1 heterocycles. The van der Waals surface area contributed by atoms with Crippen LogP contribution in [0, 0.1) is 0 Å². The topological polar surface area (TPSA) is 77.0 Å². The van der Waals surface area contributed by atoms with Crippen molar-refractivity contribution in [3.05, 3.63) is 41.1 Å². The number of benzene rings is 1. The van der Waals surface area contributed by atoms with Crippen molar-refractivity contribution in [2.24, 2.45) is 4.99 Å². The number of allylic oxidation sites excluding steroid dienone is 1. The molecule has 3 N–H and O–H groups in total. The zero-order valence-corrected chi connectivity index (χ0v) is 20.9. The minimum Gasteiger partial charge on any atom is -0.391 e. The first-order valence-corrected chi connectivity index (χ1v) is 12.2. The first kappa shape index (κ1) is 25.9. The molecule has 3 atom stereocenters. The van der Waals surface area contributed by atoms with Gasteiger partial charge in [0, 0.05) is 35.3 Å². The van der Waals surface area contributed by atoms with Gasteiger partial charge < -0.3 is 20.6 Å². The van der Waals surface area contributed by atoms with E-state index in [-0.39, 0.29) is 11.9 Å². The third-order valence-electron chi connectivity index (χ3n) is 5.61. The van der Waals surface area contributed by atoms with Gasteiger partial charge in [-0.15, -0.1) is 11.8 Å². The number of nitrogens with one attached hydrogen (secondary N) is 2. The van der Waals surface area contributed by atoms with Crippen molar-refractivity contribution in [1.82, 2.24) is 15.5 Å². The molecule has 0 radical (unpaired) electrons. The van der Waals surface area contributed by atoms with Crippen molar-refractivity contribution in [2.75, 3.05) is 26.4 Å². The van der Waals surface area contributed by atoms with E-state index in [1.165, 1.54) is 0 Å². The number of rotatable bonds is 10. The van der Waals surface area contributed by atoms with Crippen LogP contribution >= 0.6 is 24.4 Å². The van der Waals surface area contributed by atoms with Crippen molar-refractivity contribution >= 4 is 41.9 Å². The maximum atomic E-state index is 13.1. The highest BCUT2D eigenvalue weighted by Crippen LogP contribution is 2.29. The van der Waals surface area contributed by atoms with Crippen LogP contribution in [0.2, 0.25) is 0 Å². The van der Waals surface area contributed by atoms with Crippen LogP contribution in [0.25, 0.3) is 4.91 Å². The minimum absolute atomic E-state index is 0.0159. The maximum absolute atomic E-state index is 13.1. The van der Waals surface area contributed by atoms with E-state index in [1.54, 1.807) is 23.7 Å². The van der Waals surface area contributed by atoms with Crippen LogP contribution in [0.3, 0.4) is 0 Å². The molecule has 172 valence electrons. The number of thiol groups is 1. The van der Waals surface area contributed by atoms with Gasteiger partial charge in [-0.05, 0) is 58.3 Å². The summed E-state index contributed by atoms with van der Waals surface area (Å²) in [6.07, 6.45) is 2.13. The lowest BCUT2D eigenvalue weighted by Crippen LogP contribution is -2.56. The Bertz CT molecular complexity index is 790. The van der Waals surface area contributed by atoms with Crippen LogP contribution in [0.4, 0.5) is 0 Å². The van der Waals surface area contributed by atoms with Crippen molar-refractivity contribution in [1.29, 1.82) is 0 Å². The summed E-state index contributed by atoms with van der Waals surface area (Å²) < 4.78 is -0.497. The molecule has 0 bridgehead atoms. The van der Waals surface area contributed by atoms with Gasteiger partial charge in [-0.1, -0.05) is 24.3 Å². The van der Waals surface area contributed by atoms with Gasteiger partial charge in [0.1, 0.15) is 6.04 Å². The third kappa shape index (κ3) is 6.83. The first-order chi connectivity index (χ1) is 14.6. The number of likely N-dealkylation sites (N-methyl/N-ethyl adjacent to an activating group) is 1. The molecule has 0 aliphatic carbocycles. The second-order valence-electron chi connectivity index (χ2n) is 8.51. The number of aliphatic hydroxyl groups is 1. The van der Waals surface area contributed by atoms with E-state index >= 15 is 0 Å². The normalized spacial score (nSPS) is 21.1. The predicted molar refractivity (Wildman–Crippen MR) is 136 cm³/mol. The Morgan fingerprint density at radius 1 is 1.42 bits per heavy atom. The molecule has 1 aromatic rings. The Morgan fingerprint density at radius 3 is 2.58 bits per heavy atom. The number of aliphatic imine (C=N–C) groups is 1. The lowest BCUT2D eigenvalue weighted by atomic mass is 10.0. The molecule has 1 aromatic carbocycles. The average molecular weight is 465 g/mol. The van der Waals surface area contributed by atoms with E-state index in [9.17, 15) is 9.90 Å².